The first-order valence-electron chi connectivity index (χ1n) is 8.29. The fraction of sp³-hybridized carbons (Fsp3) is 0.529. The number of nitrogens with two attached hydrogens (primary N) is 1. The van der Waals surface area contributed by atoms with Gasteiger partial charge in [-0.1, -0.05) is 5.16 Å². The predicted molar refractivity (Wildman–Crippen MR) is 89.1 cm³/mol. The number of piperidine rings is 1. The number of likely N-dealkylation sites (tertiary alicyclic amines) is 1. The van der Waals surface area contributed by atoms with Gasteiger partial charge in [0.25, 0.3) is 0 Å². The highest BCUT2D eigenvalue weighted by Gasteiger charge is 2.26. The molecule has 7 nitrogen and oxygen atoms in total. The second-order valence-corrected chi connectivity index (χ2v) is 6.42. The standard InChI is InChI=1S/C17H23N5O2/c1-11-14(12(2)24-21-11)9-16(23)22-7-3-4-13(10-22)8-15-17(18)20-6-5-19-15/h5-6,13H,3-4,7-10H2,1-2H3,(H2,18,20). The van der Waals surface area contributed by atoms with Crippen molar-refractivity contribution in [2.45, 2.75) is 39.5 Å². The van der Waals surface area contributed by atoms with Crippen molar-refractivity contribution >= 4 is 11.7 Å². The first-order chi connectivity index (χ1) is 11.5. The summed E-state index contributed by atoms with van der Waals surface area (Å²) in [6.45, 7) is 5.25. The molecule has 1 aliphatic heterocycles. The zero-order valence-electron chi connectivity index (χ0n) is 14.2. The lowest BCUT2D eigenvalue weighted by Gasteiger charge is -2.33. The summed E-state index contributed by atoms with van der Waals surface area (Å²) in [7, 11) is 0. The summed E-state index contributed by atoms with van der Waals surface area (Å²) in [5.74, 6) is 1.70. The Balaban J connectivity index is 1.63. The molecule has 0 bridgehead atoms. The normalized spacial score (nSPS) is 17.9. The van der Waals surface area contributed by atoms with Crippen molar-refractivity contribution in [2.75, 3.05) is 18.8 Å². The molecule has 0 spiro atoms. The largest absolute Gasteiger partial charge is 0.382 e. The molecule has 0 saturated carbocycles. The summed E-state index contributed by atoms with van der Waals surface area (Å²) in [5, 5.41) is 3.92. The Morgan fingerprint density at radius 1 is 1.38 bits per heavy atom. The molecule has 1 saturated heterocycles. The van der Waals surface area contributed by atoms with Gasteiger partial charge in [-0.3, -0.25) is 9.78 Å². The van der Waals surface area contributed by atoms with E-state index in [9.17, 15) is 4.79 Å². The molecule has 0 radical (unpaired) electrons. The molecule has 2 N–H and O–H groups in total. The van der Waals surface area contributed by atoms with Gasteiger partial charge in [0.15, 0.2) is 0 Å². The summed E-state index contributed by atoms with van der Waals surface area (Å²) < 4.78 is 5.15. The van der Waals surface area contributed by atoms with Gasteiger partial charge < -0.3 is 15.2 Å². The van der Waals surface area contributed by atoms with E-state index in [1.165, 1.54) is 0 Å². The van der Waals surface area contributed by atoms with Crippen molar-refractivity contribution in [1.82, 2.24) is 20.0 Å². The number of nitrogens with zero attached hydrogens (tertiary/aromatic N) is 4. The van der Waals surface area contributed by atoms with Gasteiger partial charge in [-0.15, -0.1) is 0 Å². The zero-order chi connectivity index (χ0) is 17.1. The molecular weight excluding hydrogens is 306 g/mol. The van der Waals surface area contributed by atoms with Crippen LogP contribution in [0.4, 0.5) is 5.82 Å². The van der Waals surface area contributed by atoms with Crippen LogP contribution in [-0.4, -0.2) is 39.0 Å². The van der Waals surface area contributed by atoms with Gasteiger partial charge in [-0.2, -0.15) is 0 Å². The molecule has 1 atom stereocenters. The fourth-order valence-electron chi connectivity index (χ4n) is 3.28. The van der Waals surface area contributed by atoms with E-state index in [4.69, 9.17) is 10.3 Å². The molecule has 0 aliphatic carbocycles. The number of anilines is 1. The third-order valence-electron chi connectivity index (χ3n) is 4.67. The van der Waals surface area contributed by atoms with Crippen LogP contribution in [0.1, 0.15) is 35.6 Å². The molecule has 3 heterocycles. The second-order valence-electron chi connectivity index (χ2n) is 6.42. The van der Waals surface area contributed by atoms with Crippen molar-refractivity contribution in [3.05, 3.63) is 35.1 Å². The van der Waals surface area contributed by atoms with Crippen LogP contribution in [0.3, 0.4) is 0 Å². The summed E-state index contributed by atoms with van der Waals surface area (Å²) in [5.41, 5.74) is 8.40. The topological polar surface area (TPSA) is 98.1 Å². The van der Waals surface area contributed by atoms with Crippen LogP contribution >= 0.6 is 0 Å². The highest BCUT2D eigenvalue weighted by Crippen LogP contribution is 2.23. The monoisotopic (exact) mass is 329 g/mol. The van der Waals surface area contributed by atoms with Gasteiger partial charge in [0.2, 0.25) is 5.91 Å². The minimum atomic E-state index is 0.126. The Morgan fingerprint density at radius 3 is 2.88 bits per heavy atom. The molecule has 2 aromatic rings. The summed E-state index contributed by atoms with van der Waals surface area (Å²) in [4.78, 5) is 23.0. The van der Waals surface area contributed by atoms with Gasteiger partial charge in [-0.05, 0) is 39.0 Å². The van der Waals surface area contributed by atoms with Gasteiger partial charge in [-0.25, -0.2) is 4.98 Å². The van der Waals surface area contributed by atoms with E-state index < -0.39 is 0 Å². The Morgan fingerprint density at radius 2 is 2.17 bits per heavy atom. The van der Waals surface area contributed by atoms with Crippen LogP contribution in [0.5, 0.6) is 0 Å². The number of rotatable bonds is 4. The van der Waals surface area contributed by atoms with Gasteiger partial charge in [0, 0.05) is 31.0 Å². The SMILES string of the molecule is Cc1noc(C)c1CC(=O)N1CCCC(Cc2nccnc2N)C1. The van der Waals surface area contributed by atoms with Gasteiger partial charge in [0.05, 0.1) is 17.8 Å². The Kier molecular flexibility index (Phi) is 4.78. The number of aromatic nitrogens is 3. The average molecular weight is 329 g/mol. The maximum atomic E-state index is 12.6. The number of carbonyl (C=O) groups is 1. The van der Waals surface area contributed by atoms with Crippen LogP contribution < -0.4 is 5.73 Å². The van der Waals surface area contributed by atoms with Crippen molar-refractivity contribution < 1.29 is 9.32 Å². The van der Waals surface area contributed by atoms with E-state index in [-0.39, 0.29) is 5.91 Å². The highest BCUT2D eigenvalue weighted by atomic mass is 16.5. The summed E-state index contributed by atoms with van der Waals surface area (Å²) >= 11 is 0. The molecule has 1 aliphatic rings. The number of amides is 1. The third-order valence-corrected chi connectivity index (χ3v) is 4.67. The molecule has 3 rings (SSSR count). The van der Waals surface area contributed by atoms with Crippen LogP contribution in [0.25, 0.3) is 0 Å². The second kappa shape index (κ2) is 6.98. The minimum Gasteiger partial charge on any atom is -0.382 e. The first-order valence-corrected chi connectivity index (χ1v) is 8.29. The summed E-state index contributed by atoms with van der Waals surface area (Å²) in [6, 6.07) is 0. The molecule has 1 fully saturated rings. The van der Waals surface area contributed by atoms with E-state index in [1.807, 2.05) is 18.7 Å². The number of nitrogen functional groups attached to an aromatic ring is 1. The van der Waals surface area contributed by atoms with Crippen molar-refractivity contribution in [3.8, 4) is 0 Å². The van der Waals surface area contributed by atoms with Gasteiger partial charge in [0.1, 0.15) is 11.6 Å². The maximum Gasteiger partial charge on any atom is 0.227 e. The van der Waals surface area contributed by atoms with Crippen LogP contribution in [0.15, 0.2) is 16.9 Å². The summed E-state index contributed by atoms with van der Waals surface area (Å²) in [6.07, 6.45) is 6.44. The number of carbonyl (C=O) groups excluding carboxylic acids is 1. The predicted octanol–water partition coefficient (Wildman–Crippen LogP) is 1.69. The van der Waals surface area contributed by atoms with Crippen LogP contribution in [0, 0.1) is 19.8 Å². The Hall–Kier alpha value is -2.44. The van der Waals surface area contributed by atoms with Crippen molar-refractivity contribution in [2.24, 2.45) is 5.92 Å². The molecule has 1 amide bonds. The number of aryl methyl sites for hydroxylation is 2. The lowest BCUT2D eigenvalue weighted by molar-refractivity contribution is -0.132. The molecule has 1 unspecified atom stereocenters. The molecular formula is C17H23N5O2. The Labute approximate surface area is 141 Å². The lowest BCUT2D eigenvalue weighted by Crippen LogP contribution is -2.41. The van der Waals surface area contributed by atoms with E-state index >= 15 is 0 Å². The van der Waals surface area contributed by atoms with E-state index in [1.54, 1.807) is 12.4 Å². The minimum absolute atomic E-state index is 0.126. The van der Waals surface area contributed by atoms with E-state index in [0.717, 1.165) is 55.1 Å². The molecule has 24 heavy (non-hydrogen) atoms. The van der Waals surface area contributed by atoms with E-state index in [2.05, 4.69) is 15.1 Å². The average Bonchev–Trinajstić information content (AvgIpc) is 2.89. The lowest BCUT2D eigenvalue weighted by atomic mass is 9.92. The third kappa shape index (κ3) is 3.55. The number of hydrogen-bond acceptors (Lipinski definition) is 6. The van der Waals surface area contributed by atoms with Crippen LogP contribution in [0.2, 0.25) is 0 Å². The van der Waals surface area contributed by atoms with E-state index in [0.29, 0.717) is 18.2 Å². The maximum absolute atomic E-state index is 12.6. The Bertz CT molecular complexity index is 708. The quantitative estimate of drug-likeness (QED) is 0.916. The van der Waals surface area contributed by atoms with Gasteiger partial charge >= 0.3 is 0 Å². The fourth-order valence-corrected chi connectivity index (χ4v) is 3.28. The molecule has 0 aromatic carbocycles. The highest BCUT2D eigenvalue weighted by molar-refractivity contribution is 5.79. The smallest absolute Gasteiger partial charge is 0.227 e. The molecule has 7 heteroatoms. The first kappa shape index (κ1) is 16.4. The molecule has 2 aromatic heterocycles. The van der Waals surface area contributed by atoms with Crippen LogP contribution in [-0.2, 0) is 17.6 Å². The molecule has 128 valence electrons. The van der Waals surface area contributed by atoms with Crippen molar-refractivity contribution in [1.29, 1.82) is 0 Å². The van der Waals surface area contributed by atoms with Crippen molar-refractivity contribution in [3.63, 3.8) is 0 Å². The zero-order valence-corrected chi connectivity index (χ0v) is 14.2. The number of hydrogen-bond donors (Lipinski definition) is 1.